The van der Waals surface area contributed by atoms with Crippen molar-refractivity contribution < 1.29 is 28.2 Å². The SMILES string of the molecule is COC(=O)C(C)Oc1ccc(F)cc1C1c2ccccc2CCN1C(=O)OCc1ccccc1. The fourth-order valence-corrected chi connectivity index (χ4v) is 4.15. The number of esters is 1. The van der Waals surface area contributed by atoms with Crippen LogP contribution < -0.4 is 4.74 Å². The molecule has 0 aromatic heterocycles. The van der Waals surface area contributed by atoms with E-state index in [4.69, 9.17) is 14.2 Å². The fraction of sp³-hybridized carbons (Fsp3) is 0.259. The third-order valence-electron chi connectivity index (χ3n) is 5.83. The molecule has 34 heavy (non-hydrogen) atoms. The summed E-state index contributed by atoms with van der Waals surface area (Å²) in [6.45, 7) is 2.06. The maximum atomic E-state index is 14.5. The van der Waals surface area contributed by atoms with Gasteiger partial charge in [-0.15, -0.1) is 0 Å². The Morgan fingerprint density at radius 1 is 1.03 bits per heavy atom. The van der Waals surface area contributed by atoms with Gasteiger partial charge in [0.25, 0.3) is 0 Å². The van der Waals surface area contributed by atoms with Crippen LogP contribution in [0.3, 0.4) is 0 Å². The highest BCUT2D eigenvalue weighted by Gasteiger charge is 2.35. The molecule has 1 aliphatic rings. The van der Waals surface area contributed by atoms with Crippen LogP contribution in [0.1, 0.15) is 35.2 Å². The van der Waals surface area contributed by atoms with Gasteiger partial charge in [-0.1, -0.05) is 54.6 Å². The number of nitrogens with zero attached hydrogens (tertiary/aromatic N) is 1. The van der Waals surface area contributed by atoms with E-state index in [0.29, 0.717) is 24.3 Å². The second-order valence-electron chi connectivity index (χ2n) is 8.05. The molecular formula is C27H26FNO5. The van der Waals surface area contributed by atoms with Gasteiger partial charge < -0.3 is 14.2 Å². The molecule has 0 aliphatic carbocycles. The first-order chi connectivity index (χ1) is 16.5. The van der Waals surface area contributed by atoms with Gasteiger partial charge in [0.2, 0.25) is 0 Å². The van der Waals surface area contributed by atoms with Crippen molar-refractivity contribution in [2.45, 2.75) is 32.1 Å². The molecule has 0 saturated carbocycles. The standard InChI is InChI=1S/C27H26FNO5/c1-18(26(30)32-2)34-24-13-12-21(28)16-23(24)25-22-11-7-6-10-20(22)14-15-29(25)27(31)33-17-19-8-4-3-5-9-19/h3-13,16,18,25H,14-15,17H2,1-2H3. The van der Waals surface area contributed by atoms with Gasteiger partial charge in [-0.3, -0.25) is 4.90 Å². The lowest BCUT2D eigenvalue weighted by atomic mass is 9.88. The molecule has 6 nitrogen and oxygen atoms in total. The Morgan fingerprint density at radius 3 is 2.53 bits per heavy atom. The number of rotatable bonds is 6. The summed E-state index contributed by atoms with van der Waals surface area (Å²) in [6, 6.07) is 20.5. The highest BCUT2D eigenvalue weighted by Crippen LogP contribution is 2.40. The molecule has 4 rings (SSSR count). The third-order valence-corrected chi connectivity index (χ3v) is 5.83. The van der Waals surface area contributed by atoms with Gasteiger partial charge in [-0.2, -0.15) is 0 Å². The van der Waals surface area contributed by atoms with Crippen molar-refractivity contribution in [1.29, 1.82) is 0 Å². The summed E-state index contributed by atoms with van der Waals surface area (Å²) in [5, 5.41) is 0. The maximum absolute atomic E-state index is 14.5. The van der Waals surface area contributed by atoms with Crippen LogP contribution in [0.2, 0.25) is 0 Å². The van der Waals surface area contributed by atoms with Gasteiger partial charge >= 0.3 is 12.1 Å². The molecular weight excluding hydrogens is 437 g/mol. The smallest absolute Gasteiger partial charge is 0.410 e. The predicted octanol–water partition coefficient (Wildman–Crippen LogP) is 5.05. The molecule has 0 saturated heterocycles. The van der Waals surface area contributed by atoms with Gasteiger partial charge in [-0.25, -0.2) is 14.0 Å². The van der Waals surface area contributed by atoms with Gasteiger partial charge in [0.15, 0.2) is 6.10 Å². The van der Waals surface area contributed by atoms with Crippen LogP contribution in [0.4, 0.5) is 9.18 Å². The van der Waals surface area contributed by atoms with Crippen LogP contribution >= 0.6 is 0 Å². The van der Waals surface area contributed by atoms with Crippen molar-refractivity contribution in [3.63, 3.8) is 0 Å². The molecule has 3 aromatic rings. The average molecular weight is 464 g/mol. The topological polar surface area (TPSA) is 65.1 Å². The molecule has 1 aliphatic heterocycles. The normalized spacial score (nSPS) is 15.7. The van der Waals surface area contributed by atoms with Crippen LogP contribution in [0.25, 0.3) is 0 Å². The van der Waals surface area contributed by atoms with Crippen molar-refractivity contribution in [3.05, 3.63) is 101 Å². The molecule has 0 N–H and O–H groups in total. The molecule has 176 valence electrons. The molecule has 1 heterocycles. The Bertz CT molecular complexity index is 1170. The minimum atomic E-state index is -0.911. The van der Waals surface area contributed by atoms with Crippen LogP contribution in [0.5, 0.6) is 5.75 Å². The molecule has 7 heteroatoms. The molecule has 2 atom stereocenters. The van der Waals surface area contributed by atoms with E-state index in [-0.39, 0.29) is 6.61 Å². The monoisotopic (exact) mass is 463 g/mol. The molecule has 0 radical (unpaired) electrons. The van der Waals surface area contributed by atoms with E-state index in [0.717, 1.165) is 16.7 Å². The van der Waals surface area contributed by atoms with E-state index in [2.05, 4.69) is 0 Å². The summed E-state index contributed by atoms with van der Waals surface area (Å²) in [5.41, 5.74) is 3.20. The summed E-state index contributed by atoms with van der Waals surface area (Å²) < 4.78 is 30.7. The van der Waals surface area contributed by atoms with Gasteiger partial charge in [0.1, 0.15) is 18.2 Å². The first-order valence-corrected chi connectivity index (χ1v) is 11.1. The zero-order chi connectivity index (χ0) is 24.1. The van der Waals surface area contributed by atoms with Crippen molar-refractivity contribution in [1.82, 2.24) is 4.90 Å². The van der Waals surface area contributed by atoms with Gasteiger partial charge in [-0.05, 0) is 48.2 Å². The van der Waals surface area contributed by atoms with E-state index in [1.54, 1.807) is 11.8 Å². The van der Waals surface area contributed by atoms with E-state index in [1.807, 2.05) is 54.6 Å². The Balaban J connectivity index is 1.70. The predicted molar refractivity (Wildman–Crippen MR) is 124 cm³/mol. The number of hydrogen-bond acceptors (Lipinski definition) is 5. The number of carbonyl (C=O) groups is 2. The van der Waals surface area contributed by atoms with E-state index in [9.17, 15) is 14.0 Å². The van der Waals surface area contributed by atoms with Gasteiger partial charge in [0.05, 0.1) is 13.2 Å². The lowest BCUT2D eigenvalue weighted by Gasteiger charge is -2.37. The van der Waals surface area contributed by atoms with E-state index in [1.165, 1.54) is 25.3 Å². The van der Waals surface area contributed by atoms with E-state index >= 15 is 0 Å². The second-order valence-corrected chi connectivity index (χ2v) is 8.05. The summed E-state index contributed by atoms with van der Waals surface area (Å²) in [7, 11) is 1.27. The zero-order valence-corrected chi connectivity index (χ0v) is 19.1. The van der Waals surface area contributed by atoms with Crippen molar-refractivity contribution >= 4 is 12.1 Å². The first-order valence-electron chi connectivity index (χ1n) is 11.1. The van der Waals surface area contributed by atoms with Crippen LogP contribution in [0, 0.1) is 5.82 Å². The number of benzene rings is 3. The number of methoxy groups -OCH3 is 1. The average Bonchev–Trinajstić information content (AvgIpc) is 2.87. The Kier molecular flexibility index (Phi) is 7.11. The maximum Gasteiger partial charge on any atom is 0.410 e. The Labute approximate surface area is 197 Å². The lowest BCUT2D eigenvalue weighted by Crippen LogP contribution is -2.41. The summed E-state index contributed by atoms with van der Waals surface area (Å²) in [5.74, 6) is -0.742. The molecule has 3 aromatic carbocycles. The number of ether oxygens (including phenoxy) is 3. The third kappa shape index (κ3) is 5.03. The number of carbonyl (C=O) groups excluding carboxylic acids is 2. The van der Waals surface area contributed by atoms with Crippen LogP contribution in [-0.4, -0.2) is 36.7 Å². The van der Waals surface area contributed by atoms with Crippen molar-refractivity contribution in [2.75, 3.05) is 13.7 Å². The molecule has 2 unspecified atom stereocenters. The minimum Gasteiger partial charge on any atom is -0.479 e. The summed E-state index contributed by atoms with van der Waals surface area (Å²) >= 11 is 0. The Morgan fingerprint density at radius 2 is 1.76 bits per heavy atom. The van der Waals surface area contributed by atoms with E-state index < -0.39 is 30.0 Å². The summed E-state index contributed by atoms with van der Waals surface area (Å²) in [6.07, 6.45) is -0.789. The number of amides is 1. The Hall–Kier alpha value is -3.87. The summed E-state index contributed by atoms with van der Waals surface area (Å²) in [4.78, 5) is 26.8. The van der Waals surface area contributed by atoms with Crippen LogP contribution in [0.15, 0.2) is 72.8 Å². The second kappa shape index (κ2) is 10.4. The molecule has 0 bridgehead atoms. The first kappa shape index (κ1) is 23.3. The number of halogens is 1. The largest absolute Gasteiger partial charge is 0.479 e. The zero-order valence-electron chi connectivity index (χ0n) is 19.1. The quantitative estimate of drug-likeness (QED) is 0.479. The van der Waals surface area contributed by atoms with Crippen LogP contribution in [-0.2, 0) is 27.3 Å². The van der Waals surface area contributed by atoms with Crippen molar-refractivity contribution in [2.24, 2.45) is 0 Å². The number of hydrogen-bond donors (Lipinski definition) is 0. The molecule has 1 amide bonds. The van der Waals surface area contributed by atoms with Crippen molar-refractivity contribution in [3.8, 4) is 5.75 Å². The highest BCUT2D eigenvalue weighted by molar-refractivity contribution is 5.74. The van der Waals surface area contributed by atoms with Gasteiger partial charge in [0, 0.05) is 12.1 Å². The molecule has 0 spiro atoms. The fourth-order valence-electron chi connectivity index (χ4n) is 4.15. The number of fused-ring (bicyclic) bond motifs is 1. The highest BCUT2D eigenvalue weighted by atomic mass is 19.1. The molecule has 0 fully saturated rings. The lowest BCUT2D eigenvalue weighted by molar-refractivity contribution is -0.147. The minimum absolute atomic E-state index is 0.121.